The van der Waals surface area contributed by atoms with Gasteiger partial charge < -0.3 is 15.3 Å². The zero-order chi connectivity index (χ0) is 15.4. The second-order valence-electron chi connectivity index (χ2n) is 4.69. The third kappa shape index (κ3) is 3.69. The van der Waals surface area contributed by atoms with Crippen LogP contribution in [0, 0.1) is 0 Å². The molecular weight excluding hydrogens is 290 g/mol. The smallest absolute Gasteiger partial charge is 0.326 e. The molecule has 0 aliphatic carbocycles. The van der Waals surface area contributed by atoms with Crippen LogP contribution in [0.1, 0.15) is 13.3 Å². The minimum atomic E-state index is -1.02. The Morgan fingerprint density at radius 3 is 2.76 bits per heavy atom. The summed E-state index contributed by atoms with van der Waals surface area (Å²) < 4.78 is 1.05. The highest BCUT2D eigenvalue weighted by Gasteiger charge is 2.19. The largest absolute Gasteiger partial charge is 0.480 e. The molecule has 0 radical (unpaired) electrons. The van der Waals surface area contributed by atoms with Crippen LogP contribution in [0.3, 0.4) is 0 Å². The number of anilines is 1. The molecule has 1 aromatic heterocycles. The second kappa shape index (κ2) is 6.53. The van der Waals surface area contributed by atoms with Crippen molar-refractivity contribution in [2.24, 2.45) is 0 Å². The number of fused-ring (bicyclic) bond motifs is 1. The second-order valence-corrected chi connectivity index (χ2v) is 5.70. The van der Waals surface area contributed by atoms with Gasteiger partial charge in [0.2, 0.25) is 5.91 Å². The van der Waals surface area contributed by atoms with Crippen LogP contribution in [-0.2, 0) is 9.59 Å². The molecule has 2 aromatic rings. The highest BCUT2D eigenvalue weighted by molar-refractivity contribution is 7.22. The number of hydrogen-bond acceptors (Lipinski definition) is 5. The zero-order valence-corrected chi connectivity index (χ0v) is 12.7. The number of aliphatic carboxylic acids is 1. The number of benzene rings is 1. The number of para-hydroxylation sites is 1. The van der Waals surface area contributed by atoms with Crippen molar-refractivity contribution in [2.75, 3.05) is 18.5 Å². The first-order valence-electron chi connectivity index (χ1n) is 6.60. The fourth-order valence-electron chi connectivity index (χ4n) is 1.88. The number of carboxylic acid groups (broad SMARTS) is 1. The van der Waals surface area contributed by atoms with Gasteiger partial charge in [-0.3, -0.25) is 4.79 Å². The minimum Gasteiger partial charge on any atom is -0.480 e. The Kier molecular flexibility index (Phi) is 4.74. The molecule has 1 amide bonds. The number of hydrogen-bond donors (Lipinski definition) is 2. The summed E-state index contributed by atoms with van der Waals surface area (Å²) in [5, 5.41) is 12.2. The molecule has 0 aliphatic rings. The summed E-state index contributed by atoms with van der Waals surface area (Å²) in [6, 6.07) is 6.90. The Balaban J connectivity index is 2.01. The van der Waals surface area contributed by atoms with Crippen LogP contribution in [0.5, 0.6) is 0 Å². The van der Waals surface area contributed by atoms with Gasteiger partial charge in [0.15, 0.2) is 5.13 Å². The van der Waals surface area contributed by atoms with Gasteiger partial charge in [-0.25, -0.2) is 9.78 Å². The van der Waals surface area contributed by atoms with Gasteiger partial charge in [-0.1, -0.05) is 30.4 Å². The van der Waals surface area contributed by atoms with Crippen molar-refractivity contribution in [2.45, 2.75) is 19.4 Å². The van der Waals surface area contributed by atoms with Crippen LogP contribution in [0.4, 0.5) is 5.13 Å². The lowest BCUT2D eigenvalue weighted by atomic mass is 10.2. The first-order valence-corrected chi connectivity index (χ1v) is 7.41. The van der Waals surface area contributed by atoms with E-state index in [-0.39, 0.29) is 12.5 Å². The number of aromatic nitrogens is 1. The summed E-state index contributed by atoms with van der Waals surface area (Å²) in [5.74, 6) is -1.35. The van der Waals surface area contributed by atoms with Gasteiger partial charge in [0, 0.05) is 7.05 Å². The van der Waals surface area contributed by atoms with Crippen molar-refractivity contribution in [3.05, 3.63) is 24.3 Å². The van der Waals surface area contributed by atoms with E-state index in [9.17, 15) is 9.59 Å². The highest BCUT2D eigenvalue weighted by Crippen LogP contribution is 2.27. The Bertz CT molecular complexity index is 623. The molecule has 1 aromatic carbocycles. The van der Waals surface area contributed by atoms with Crippen LogP contribution < -0.4 is 10.2 Å². The molecule has 0 fully saturated rings. The molecule has 6 nitrogen and oxygen atoms in total. The predicted octanol–water partition coefficient (Wildman–Crippen LogP) is 1.71. The molecule has 1 atom stereocenters. The molecule has 0 saturated heterocycles. The molecule has 0 unspecified atom stereocenters. The summed E-state index contributed by atoms with van der Waals surface area (Å²) in [5.41, 5.74) is 0.890. The average molecular weight is 307 g/mol. The van der Waals surface area contributed by atoms with E-state index in [1.807, 2.05) is 24.3 Å². The number of carboxylic acids is 1. The van der Waals surface area contributed by atoms with Gasteiger partial charge in [0.25, 0.3) is 0 Å². The molecule has 112 valence electrons. The predicted molar refractivity (Wildman–Crippen MR) is 82.7 cm³/mol. The topological polar surface area (TPSA) is 82.5 Å². The number of amides is 1. The molecule has 21 heavy (non-hydrogen) atoms. The number of thiazole rings is 1. The van der Waals surface area contributed by atoms with Crippen LogP contribution in [0.25, 0.3) is 10.2 Å². The van der Waals surface area contributed by atoms with Gasteiger partial charge in [-0.05, 0) is 18.6 Å². The monoisotopic (exact) mass is 307 g/mol. The molecule has 2 rings (SSSR count). The molecule has 1 heterocycles. The summed E-state index contributed by atoms with van der Waals surface area (Å²) >= 11 is 1.50. The SMILES string of the molecule is CC[C@H](NC(=O)CN(C)c1nc2ccccc2s1)C(=O)O. The van der Waals surface area contributed by atoms with Crippen molar-refractivity contribution >= 4 is 38.6 Å². The number of carbonyl (C=O) groups is 2. The van der Waals surface area contributed by atoms with E-state index in [1.54, 1.807) is 18.9 Å². The summed E-state index contributed by atoms with van der Waals surface area (Å²) in [7, 11) is 1.76. The lowest BCUT2D eigenvalue weighted by molar-refractivity contribution is -0.141. The van der Waals surface area contributed by atoms with E-state index < -0.39 is 12.0 Å². The molecule has 7 heteroatoms. The number of carbonyl (C=O) groups excluding carboxylic acids is 1. The maximum absolute atomic E-state index is 11.9. The van der Waals surface area contributed by atoms with Crippen molar-refractivity contribution in [3.63, 3.8) is 0 Å². The van der Waals surface area contributed by atoms with Gasteiger partial charge in [0.05, 0.1) is 16.8 Å². The van der Waals surface area contributed by atoms with E-state index in [1.165, 1.54) is 11.3 Å². The quantitative estimate of drug-likeness (QED) is 0.849. The zero-order valence-electron chi connectivity index (χ0n) is 11.9. The van der Waals surface area contributed by atoms with E-state index in [0.717, 1.165) is 15.3 Å². The average Bonchev–Trinajstić information content (AvgIpc) is 2.88. The number of nitrogens with one attached hydrogen (secondary N) is 1. The minimum absolute atomic E-state index is 0.0730. The number of likely N-dealkylation sites (N-methyl/N-ethyl adjacent to an activating group) is 1. The van der Waals surface area contributed by atoms with Gasteiger partial charge >= 0.3 is 5.97 Å². The van der Waals surface area contributed by atoms with Crippen molar-refractivity contribution in [1.29, 1.82) is 0 Å². The maximum atomic E-state index is 11.9. The Morgan fingerprint density at radius 1 is 1.43 bits per heavy atom. The standard InChI is InChI=1S/C14H17N3O3S/c1-3-9(13(19)20)15-12(18)8-17(2)14-16-10-6-4-5-7-11(10)21-14/h4-7,9H,3,8H2,1-2H3,(H,15,18)(H,19,20)/t9-/m0/s1. The van der Waals surface area contributed by atoms with E-state index >= 15 is 0 Å². The molecule has 2 N–H and O–H groups in total. The van der Waals surface area contributed by atoms with Gasteiger partial charge in [-0.2, -0.15) is 0 Å². The Morgan fingerprint density at radius 2 is 2.14 bits per heavy atom. The van der Waals surface area contributed by atoms with Crippen molar-refractivity contribution in [1.82, 2.24) is 10.3 Å². The summed E-state index contributed by atoms with van der Waals surface area (Å²) in [6.07, 6.45) is 0.353. The van der Waals surface area contributed by atoms with Gasteiger partial charge in [-0.15, -0.1) is 0 Å². The molecule has 0 aliphatic heterocycles. The molecule has 0 spiro atoms. The molecule has 0 bridgehead atoms. The number of rotatable bonds is 6. The van der Waals surface area contributed by atoms with Crippen LogP contribution in [0.15, 0.2) is 24.3 Å². The lowest BCUT2D eigenvalue weighted by Crippen LogP contribution is -2.44. The first-order chi connectivity index (χ1) is 10.0. The first kappa shape index (κ1) is 15.2. The van der Waals surface area contributed by atoms with E-state index in [4.69, 9.17) is 5.11 Å². The summed E-state index contributed by atoms with van der Waals surface area (Å²) in [4.78, 5) is 28.9. The Labute approximate surface area is 126 Å². The van der Waals surface area contributed by atoms with Gasteiger partial charge in [0.1, 0.15) is 6.04 Å². The van der Waals surface area contributed by atoms with E-state index in [0.29, 0.717) is 6.42 Å². The van der Waals surface area contributed by atoms with Crippen molar-refractivity contribution in [3.8, 4) is 0 Å². The Hall–Kier alpha value is -2.15. The third-order valence-corrected chi connectivity index (χ3v) is 4.18. The fraction of sp³-hybridized carbons (Fsp3) is 0.357. The fourth-order valence-corrected chi connectivity index (χ4v) is 2.81. The normalized spacial score (nSPS) is 12.1. The summed E-state index contributed by atoms with van der Waals surface area (Å²) in [6.45, 7) is 1.79. The van der Waals surface area contributed by atoms with Crippen LogP contribution >= 0.6 is 11.3 Å². The number of nitrogens with zero attached hydrogens (tertiary/aromatic N) is 2. The molecular formula is C14H17N3O3S. The van der Waals surface area contributed by atoms with Crippen LogP contribution in [-0.4, -0.2) is 41.6 Å². The maximum Gasteiger partial charge on any atom is 0.326 e. The van der Waals surface area contributed by atoms with Crippen LogP contribution in [0.2, 0.25) is 0 Å². The van der Waals surface area contributed by atoms with Crippen molar-refractivity contribution < 1.29 is 14.7 Å². The third-order valence-electron chi connectivity index (χ3n) is 3.03. The van der Waals surface area contributed by atoms with E-state index in [2.05, 4.69) is 10.3 Å². The highest BCUT2D eigenvalue weighted by atomic mass is 32.1. The lowest BCUT2D eigenvalue weighted by Gasteiger charge is -2.17. The molecule has 0 saturated carbocycles.